The highest BCUT2D eigenvalue weighted by Crippen LogP contribution is 2.33. The van der Waals surface area contributed by atoms with E-state index in [0.29, 0.717) is 4.88 Å². The summed E-state index contributed by atoms with van der Waals surface area (Å²) in [6.07, 6.45) is 0. The van der Waals surface area contributed by atoms with Gasteiger partial charge < -0.3 is 10.4 Å². The van der Waals surface area contributed by atoms with Gasteiger partial charge in [0, 0.05) is 22.8 Å². The smallest absolute Gasteiger partial charge is 0.272 e. The molecule has 1 amide bonds. The Kier molecular flexibility index (Phi) is 4.91. The second-order valence-electron chi connectivity index (χ2n) is 3.95. The van der Waals surface area contributed by atoms with Gasteiger partial charge in [0.1, 0.15) is 0 Å². The van der Waals surface area contributed by atoms with Crippen molar-refractivity contribution in [2.75, 3.05) is 5.32 Å². The molecule has 0 unspecified atom stereocenters. The van der Waals surface area contributed by atoms with Crippen LogP contribution in [-0.2, 0) is 0 Å². The number of carbonyl (C=O) groups is 1. The number of nitro groups is 1. The van der Waals surface area contributed by atoms with Gasteiger partial charge in [-0.15, -0.1) is 11.3 Å². The van der Waals surface area contributed by atoms with Crippen LogP contribution in [0.4, 0.5) is 11.4 Å². The summed E-state index contributed by atoms with van der Waals surface area (Å²) in [6, 6.07) is 5.25. The molecule has 2 rings (SSSR count). The number of halogens is 1. The van der Waals surface area contributed by atoms with Crippen molar-refractivity contribution in [3.8, 4) is 5.75 Å². The average molecular weight is 357 g/mol. The van der Waals surface area contributed by atoms with Crippen LogP contribution < -0.4 is 15.7 Å². The monoisotopic (exact) mass is 356 g/mol. The first kappa shape index (κ1) is 16.1. The quantitative estimate of drug-likeness (QED) is 0.497. The molecule has 22 heavy (non-hydrogen) atoms. The molecule has 1 heterocycles. The van der Waals surface area contributed by atoms with Crippen molar-refractivity contribution in [3.63, 3.8) is 0 Å². The maximum Gasteiger partial charge on any atom is 0.272 e. The van der Waals surface area contributed by atoms with Crippen LogP contribution in [0.15, 0.2) is 29.6 Å². The lowest BCUT2D eigenvalue weighted by molar-refractivity contribution is -0.385. The number of thiophene rings is 1. The standard InChI is InChI=1S/C12H8ClN3O4S2/c13-7-4-6(16(19)20)5-8(10(7)17)14-12(21)15-11(18)9-2-1-3-22-9/h1-5,17H,(H2,14,15,18,21)/p-1. The number of non-ortho nitro benzene ring substituents is 1. The van der Waals surface area contributed by atoms with Gasteiger partial charge in [-0.25, -0.2) is 0 Å². The number of thiocarbonyl (C=S) groups is 1. The molecule has 0 saturated carbocycles. The van der Waals surface area contributed by atoms with Crippen LogP contribution in [0.2, 0.25) is 5.02 Å². The van der Waals surface area contributed by atoms with E-state index in [1.54, 1.807) is 17.5 Å². The van der Waals surface area contributed by atoms with Crippen LogP contribution in [0.1, 0.15) is 9.67 Å². The van der Waals surface area contributed by atoms with Gasteiger partial charge in [0.2, 0.25) is 0 Å². The molecule has 0 atom stereocenters. The van der Waals surface area contributed by atoms with Gasteiger partial charge >= 0.3 is 0 Å². The van der Waals surface area contributed by atoms with Crippen LogP contribution in [0.25, 0.3) is 0 Å². The zero-order valence-electron chi connectivity index (χ0n) is 10.7. The van der Waals surface area contributed by atoms with Crippen LogP contribution >= 0.6 is 35.2 Å². The molecule has 0 spiro atoms. The van der Waals surface area contributed by atoms with E-state index in [1.165, 1.54) is 11.3 Å². The first-order valence-electron chi connectivity index (χ1n) is 5.69. The Morgan fingerprint density at radius 3 is 2.73 bits per heavy atom. The van der Waals surface area contributed by atoms with E-state index in [9.17, 15) is 20.0 Å². The Hall–Kier alpha value is -2.23. The number of hydrogen-bond acceptors (Lipinski definition) is 6. The molecule has 0 bridgehead atoms. The van der Waals surface area contributed by atoms with Crippen molar-refractivity contribution in [3.05, 3.63) is 49.7 Å². The molecule has 1 aromatic heterocycles. The molecule has 0 saturated heterocycles. The van der Waals surface area contributed by atoms with Crippen LogP contribution in [0, 0.1) is 10.1 Å². The summed E-state index contributed by atoms with van der Waals surface area (Å²) in [5.41, 5.74) is -0.546. The fourth-order valence-electron chi connectivity index (χ4n) is 1.50. The van der Waals surface area contributed by atoms with E-state index < -0.39 is 16.6 Å². The third kappa shape index (κ3) is 3.70. The summed E-state index contributed by atoms with van der Waals surface area (Å²) in [4.78, 5) is 22.3. The molecular formula is C12H7ClN3O4S2-. The van der Waals surface area contributed by atoms with E-state index in [0.717, 1.165) is 12.1 Å². The lowest BCUT2D eigenvalue weighted by atomic mass is 10.2. The predicted octanol–water partition coefficient (Wildman–Crippen LogP) is 2.51. The summed E-state index contributed by atoms with van der Waals surface area (Å²) in [5, 5.41) is 28.6. The summed E-state index contributed by atoms with van der Waals surface area (Å²) in [6.45, 7) is 0. The summed E-state index contributed by atoms with van der Waals surface area (Å²) in [7, 11) is 0. The molecule has 0 aliphatic heterocycles. The van der Waals surface area contributed by atoms with E-state index in [-0.39, 0.29) is 21.5 Å². The van der Waals surface area contributed by atoms with Crippen LogP contribution in [-0.4, -0.2) is 15.9 Å². The molecule has 0 aliphatic rings. The number of anilines is 1. The van der Waals surface area contributed by atoms with Crippen molar-refractivity contribution in [2.45, 2.75) is 0 Å². The summed E-state index contributed by atoms with van der Waals surface area (Å²) < 4.78 is 0. The Morgan fingerprint density at radius 2 is 2.14 bits per heavy atom. The number of carbonyl (C=O) groups excluding carboxylic acids is 1. The fraction of sp³-hybridized carbons (Fsp3) is 0. The lowest BCUT2D eigenvalue weighted by Gasteiger charge is -2.17. The molecule has 0 aliphatic carbocycles. The van der Waals surface area contributed by atoms with Gasteiger partial charge in [-0.3, -0.25) is 20.2 Å². The maximum absolute atomic E-state index is 11.8. The molecule has 2 aromatic rings. The number of rotatable bonds is 3. The zero-order chi connectivity index (χ0) is 16.3. The number of benzene rings is 1. The van der Waals surface area contributed by atoms with Crippen LogP contribution in [0.3, 0.4) is 0 Å². The van der Waals surface area contributed by atoms with Crippen LogP contribution in [0.5, 0.6) is 5.75 Å². The number of nitrogens with one attached hydrogen (secondary N) is 2. The number of amides is 1. The summed E-state index contributed by atoms with van der Waals surface area (Å²) in [5.74, 6) is -1.10. The third-order valence-electron chi connectivity index (χ3n) is 2.46. The molecule has 10 heteroatoms. The molecule has 0 fully saturated rings. The minimum absolute atomic E-state index is 0.160. The maximum atomic E-state index is 11.8. The summed E-state index contributed by atoms with van der Waals surface area (Å²) >= 11 is 11.8. The molecule has 2 N–H and O–H groups in total. The Balaban J connectivity index is 2.14. The Morgan fingerprint density at radius 1 is 1.41 bits per heavy atom. The highest BCUT2D eigenvalue weighted by atomic mass is 35.5. The van der Waals surface area contributed by atoms with Crippen molar-refractivity contribution < 1.29 is 14.8 Å². The second-order valence-corrected chi connectivity index (χ2v) is 5.71. The minimum atomic E-state index is -0.691. The van der Waals surface area contributed by atoms with Gasteiger partial charge in [-0.2, -0.15) is 0 Å². The number of hydrogen-bond donors (Lipinski definition) is 2. The molecule has 7 nitrogen and oxygen atoms in total. The highest BCUT2D eigenvalue weighted by Gasteiger charge is 2.13. The largest absolute Gasteiger partial charge is 0.870 e. The molecule has 1 aromatic carbocycles. The van der Waals surface area contributed by atoms with E-state index in [4.69, 9.17) is 23.8 Å². The number of nitro benzene ring substituents is 1. The molecule has 114 valence electrons. The van der Waals surface area contributed by atoms with Gasteiger partial charge in [-0.1, -0.05) is 23.4 Å². The fourth-order valence-corrected chi connectivity index (χ4v) is 2.54. The van der Waals surface area contributed by atoms with Crippen molar-refractivity contribution >= 4 is 57.5 Å². The average Bonchev–Trinajstić information content (AvgIpc) is 2.97. The van der Waals surface area contributed by atoms with Gasteiger partial charge in [0.05, 0.1) is 9.80 Å². The van der Waals surface area contributed by atoms with Crippen molar-refractivity contribution in [1.29, 1.82) is 0 Å². The Bertz CT molecular complexity index is 749. The predicted molar refractivity (Wildman–Crippen MR) is 85.6 cm³/mol. The van der Waals surface area contributed by atoms with Crippen molar-refractivity contribution in [1.82, 2.24) is 5.32 Å². The van der Waals surface area contributed by atoms with Crippen molar-refractivity contribution in [2.24, 2.45) is 0 Å². The number of nitrogens with zero attached hydrogens (tertiary/aromatic N) is 1. The first-order chi connectivity index (χ1) is 10.4. The second kappa shape index (κ2) is 6.69. The highest BCUT2D eigenvalue weighted by molar-refractivity contribution is 7.80. The minimum Gasteiger partial charge on any atom is -0.870 e. The van der Waals surface area contributed by atoms with E-state index in [1.807, 2.05) is 0 Å². The Labute approximate surface area is 138 Å². The normalized spacial score (nSPS) is 10.0. The molecule has 0 radical (unpaired) electrons. The SMILES string of the molecule is O=C(NC(=S)Nc1cc([N+](=O)[O-])cc(Cl)c1[O-])c1cccs1. The first-order valence-corrected chi connectivity index (χ1v) is 7.36. The lowest BCUT2D eigenvalue weighted by Crippen LogP contribution is -2.33. The van der Waals surface area contributed by atoms with Gasteiger partial charge in [-0.05, 0) is 23.7 Å². The van der Waals surface area contributed by atoms with Gasteiger partial charge in [0.25, 0.3) is 11.6 Å². The third-order valence-corrected chi connectivity index (χ3v) is 3.81. The van der Waals surface area contributed by atoms with Gasteiger partial charge in [0.15, 0.2) is 5.11 Å². The van der Waals surface area contributed by atoms with E-state index in [2.05, 4.69) is 10.6 Å². The zero-order valence-corrected chi connectivity index (χ0v) is 13.1. The molecular weight excluding hydrogens is 350 g/mol. The van der Waals surface area contributed by atoms with E-state index >= 15 is 0 Å². The topological polar surface area (TPSA) is 107 Å².